The quantitative estimate of drug-likeness (QED) is 0.745. The van der Waals surface area contributed by atoms with Crippen LogP contribution < -0.4 is 5.32 Å². The number of likely N-dealkylation sites (N-methyl/N-ethyl adjacent to an activating group) is 1. The molecule has 0 aromatic rings. The van der Waals surface area contributed by atoms with Crippen molar-refractivity contribution in [2.75, 3.05) is 20.1 Å². The van der Waals surface area contributed by atoms with E-state index in [1.807, 2.05) is 6.92 Å². The van der Waals surface area contributed by atoms with Crippen molar-refractivity contribution >= 4 is 5.97 Å². The van der Waals surface area contributed by atoms with Gasteiger partial charge in [0.1, 0.15) is 5.54 Å². The fourth-order valence-electron chi connectivity index (χ4n) is 3.16. The molecular weight excluding hydrogens is 240 g/mol. The fraction of sp³-hybridized carbons (Fsp3) is 0.933. The van der Waals surface area contributed by atoms with E-state index in [1.165, 1.54) is 6.42 Å². The summed E-state index contributed by atoms with van der Waals surface area (Å²) < 4.78 is 0. The first-order valence-electron chi connectivity index (χ1n) is 7.63. The molecule has 0 aliphatic heterocycles. The Morgan fingerprint density at radius 2 is 2.21 bits per heavy atom. The van der Waals surface area contributed by atoms with E-state index in [9.17, 15) is 9.90 Å². The summed E-state index contributed by atoms with van der Waals surface area (Å²) in [6.45, 7) is 8.22. The topological polar surface area (TPSA) is 52.6 Å². The summed E-state index contributed by atoms with van der Waals surface area (Å²) in [6, 6.07) is 0.387. The van der Waals surface area contributed by atoms with Crippen molar-refractivity contribution in [2.45, 2.75) is 64.5 Å². The molecular formula is C15H30N2O2. The molecule has 0 aromatic carbocycles. The van der Waals surface area contributed by atoms with Crippen LogP contribution in [0.4, 0.5) is 0 Å². The van der Waals surface area contributed by atoms with Crippen LogP contribution in [0.25, 0.3) is 0 Å². The van der Waals surface area contributed by atoms with E-state index in [0.717, 1.165) is 32.2 Å². The second-order valence-corrected chi connectivity index (χ2v) is 6.12. The molecule has 0 radical (unpaired) electrons. The monoisotopic (exact) mass is 270 g/mol. The van der Waals surface area contributed by atoms with E-state index in [4.69, 9.17) is 0 Å². The Kier molecular flexibility index (Phi) is 6.27. The van der Waals surface area contributed by atoms with Crippen LogP contribution >= 0.6 is 0 Å². The first-order chi connectivity index (χ1) is 8.95. The summed E-state index contributed by atoms with van der Waals surface area (Å²) in [5.41, 5.74) is -0.707. The summed E-state index contributed by atoms with van der Waals surface area (Å²) in [7, 11) is 2.14. The molecule has 4 nitrogen and oxygen atoms in total. The fourth-order valence-corrected chi connectivity index (χ4v) is 3.16. The third kappa shape index (κ3) is 4.18. The number of carboxylic acid groups (broad SMARTS) is 1. The standard InChI is InChI=1S/C15H30N2O2/c1-5-12(3)11-17(4)13-8-7-9-15(10-13,14(18)19)16-6-2/h12-13,16H,5-11H2,1-4H3,(H,18,19). The lowest BCUT2D eigenvalue weighted by Crippen LogP contribution is -2.58. The summed E-state index contributed by atoms with van der Waals surface area (Å²) >= 11 is 0. The largest absolute Gasteiger partial charge is 0.480 e. The number of aliphatic carboxylic acids is 1. The van der Waals surface area contributed by atoms with Crippen molar-refractivity contribution in [3.8, 4) is 0 Å². The lowest BCUT2D eigenvalue weighted by atomic mass is 9.78. The predicted octanol–water partition coefficient (Wildman–Crippen LogP) is 2.34. The smallest absolute Gasteiger partial charge is 0.323 e. The molecule has 3 unspecified atom stereocenters. The molecule has 0 aromatic heterocycles. The molecule has 1 saturated carbocycles. The van der Waals surface area contributed by atoms with Gasteiger partial charge in [-0.25, -0.2) is 0 Å². The lowest BCUT2D eigenvalue weighted by Gasteiger charge is -2.42. The van der Waals surface area contributed by atoms with E-state index in [1.54, 1.807) is 0 Å². The van der Waals surface area contributed by atoms with Crippen molar-refractivity contribution < 1.29 is 9.90 Å². The Hall–Kier alpha value is -0.610. The van der Waals surface area contributed by atoms with Crippen molar-refractivity contribution in [3.63, 3.8) is 0 Å². The SMILES string of the molecule is CCNC1(C(=O)O)CCCC(N(C)CC(C)CC)C1. The molecule has 3 atom stereocenters. The van der Waals surface area contributed by atoms with Gasteiger partial charge in [-0.15, -0.1) is 0 Å². The molecule has 112 valence electrons. The summed E-state index contributed by atoms with van der Waals surface area (Å²) in [6.07, 6.45) is 4.77. The number of rotatable bonds is 7. The zero-order chi connectivity index (χ0) is 14.5. The van der Waals surface area contributed by atoms with Crippen LogP contribution in [0.2, 0.25) is 0 Å². The third-order valence-corrected chi connectivity index (χ3v) is 4.57. The van der Waals surface area contributed by atoms with Crippen LogP contribution in [0.5, 0.6) is 0 Å². The van der Waals surface area contributed by atoms with Crippen LogP contribution in [0.15, 0.2) is 0 Å². The number of hydrogen-bond donors (Lipinski definition) is 2. The van der Waals surface area contributed by atoms with Crippen molar-refractivity contribution in [1.29, 1.82) is 0 Å². The van der Waals surface area contributed by atoms with Crippen LogP contribution in [-0.4, -0.2) is 47.7 Å². The summed E-state index contributed by atoms with van der Waals surface area (Å²) in [5.74, 6) is -0.0127. The molecule has 0 spiro atoms. The lowest BCUT2D eigenvalue weighted by molar-refractivity contribution is -0.147. The predicted molar refractivity (Wildman–Crippen MR) is 78.4 cm³/mol. The third-order valence-electron chi connectivity index (χ3n) is 4.57. The van der Waals surface area contributed by atoms with Gasteiger partial charge in [-0.05, 0) is 45.2 Å². The zero-order valence-electron chi connectivity index (χ0n) is 12.9. The molecule has 19 heavy (non-hydrogen) atoms. The van der Waals surface area contributed by atoms with Crippen LogP contribution in [0.3, 0.4) is 0 Å². The Bertz CT molecular complexity index is 292. The van der Waals surface area contributed by atoms with Crippen molar-refractivity contribution in [3.05, 3.63) is 0 Å². The molecule has 0 heterocycles. The number of nitrogens with zero attached hydrogens (tertiary/aromatic N) is 1. The highest BCUT2D eigenvalue weighted by atomic mass is 16.4. The first-order valence-corrected chi connectivity index (χ1v) is 7.63. The number of nitrogens with one attached hydrogen (secondary N) is 1. The number of hydrogen-bond acceptors (Lipinski definition) is 3. The molecule has 0 amide bonds. The van der Waals surface area contributed by atoms with Gasteiger partial charge in [0.25, 0.3) is 0 Å². The number of carboxylic acids is 1. The van der Waals surface area contributed by atoms with Gasteiger partial charge in [0, 0.05) is 12.6 Å². The average molecular weight is 270 g/mol. The highest BCUT2D eigenvalue weighted by Crippen LogP contribution is 2.31. The van der Waals surface area contributed by atoms with E-state index in [-0.39, 0.29) is 0 Å². The Balaban J connectivity index is 2.69. The zero-order valence-corrected chi connectivity index (χ0v) is 12.9. The maximum atomic E-state index is 11.6. The van der Waals surface area contributed by atoms with Gasteiger partial charge in [0.2, 0.25) is 0 Å². The van der Waals surface area contributed by atoms with Gasteiger partial charge >= 0.3 is 5.97 Å². The van der Waals surface area contributed by atoms with Crippen molar-refractivity contribution in [1.82, 2.24) is 10.2 Å². The van der Waals surface area contributed by atoms with E-state index < -0.39 is 11.5 Å². The molecule has 2 N–H and O–H groups in total. The summed E-state index contributed by atoms with van der Waals surface area (Å²) in [5, 5.41) is 12.8. The molecule has 0 saturated heterocycles. The molecule has 1 rings (SSSR count). The van der Waals surface area contributed by atoms with Crippen LogP contribution in [0.1, 0.15) is 52.9 Å². The summed E-state index contributed by atoms with van der Waals surface area (Å²) in [4.78, 5) is 14.0. The molecule has 1 aliphatic carbocycles. The second kappa shape index (κ2) is 7.25. The average Bonchev–Trinajstić information content (AvgIpc) is 2.39. The van der Waals surface area contributed by atoms with E-state index in [0.29, 0.717) is 18.5 Å². The molecule has 4 heteroatoms. The van der Waals surface area contributed by atoms with E-state index in [2.05, 4.69) is 31.1 Å². The van der Waals surface area contributed by atoms with Gasteiger partial charge in [-0.1, -0.05) is 27.2 Å². The molecule has 0 bridgehead atoms. The maximum absolute atomic E-state index is 11.6. The normalized spacial score (nSPS) is 29.4. The van der Waals surface area contributed by atoms with Crippen molar-refractivity contribution in [2.24, 2.45) is 5.92 Å². The van der Waals surface area contributed by atoms with Gasteiger partial charge in [0.15, 0.2) is 0 Å². The Labute approximate surface area is 117 Å². The first kappa shape index (κ1) is 16.4. The maximum Gasteiger partial charge on any atom is 0.323 e. The van der Waals surface area contributed by atoms with Gasteiger partial charge in [-0.3, -0.25) is 4.79 Å². The van der Waals surface area contributed by atoms with Gasteiger partial charge in [0.05, 0.1) is 0 Å². The minimum atomic E-state index is -0.707. The second-order valence-electron chi connectivity index (χ2n) is 6.12. The Morgan fingerprint density at radius 1 is 1.53 bits per heavy atom. The van der Waals surface area contributed by atoms with Gasteiger partial charge < -0.3 is 15.3 Å². The molecule has 1 aliphatic rings. The van der Waals surface area contributed by atoms with E-state index >= 15 is 0 Å². The van der Waals surface area contributed by atoms with Crippen LogP contribution in [-0.2, 0) is 4.79 Å². The Morgan fingerprint density at radius 3 is 2.74 bits per heavy atom. The minimum Gasteiger partial charge on any atom is -0.480 e. The number of carbonyl (C=O) groups is 1. The minimum absolute atomic E-state index is 0.387. The van der Waals surface area contributed by atoms with Crippen LogP contribution in [0, 0.1) is 5.92 Å². The highest BCUT2D eigenvalue weighted by Gasteiger charge is 2.43. The highest BCUT2D eigenvalue weighted by molar-refractivity contribution is 5.79. The van der Waals surface area contributed by atoms with Gasteiger partial charge in [-0.2, -0.15) is 0 Å². The molecule has 1 fully saturated rings.